The van der Waals surface area contributed by atoms with E-state index in [1.165, 1.54) is 22.5 Å². The second-order valence-electron chi connectivity index (χ2n) is 5.25. The summed E-state index contributed by atoms with van der Waals surface area (Å²) in [5, 5.41) is 0.363. The van der Waals surface area contributed by atoms with E-state index in [4.69, 9.17) is 17.3 Å². The van der Waals surface area contributed by atoms with Crippen LogP contribution in [0.25, 0.3) is 0 Å². The van der Waals surface area contributed by atoms with Gasteiger partial charge in [-0.1, -0.05) is 11.6 Å². The molecule has 1 fully saturated rings. The van der Waals surface area contributed by atoms with Crippen molar-refractivity contribution in [2.75, 3.05) is 32.9 Å². The fourth-order valence-electron chi connectivity index (χ4n) is 2.47. The number of nitrogens with zero attached hydrogens (tertiary/aromatic N) is 2. The molecule has 1 saturated heterocycles. The van der Waals surface area contributed by atoms with Crippen LogP contribution in [0.3, 0.4) is 0 Å². The molecule has 1 aliphatic rings. The molecule has 2 N–H and O–H groups in total. The number of sulfonamides is 1. The Bertz CT molecular complexity index is 591. The Morgan fingerprint density at radius 1 is 1.50 bits per heavy atom. The Labute approximate surface area is 125 Å². The van der Waals surface area contributed by atoms with E-state index in [1.807, 2.05) is 7.05 Å². The predicted octanol–water partition coefficient (Wildman–Crippen LogP) is 1.64. The first-order valence-corrected chi connectivity index (χ1v) is 8.36. The van der Waals surface area contributed by atoms with Gasteiger partial charge in [0.2, 0.25) is 10.0 Å². The Morgan fingerprint density at radius 3 is 2.75 bits per heavy atom. The lowest BCUT2D eigenvalue weighted by Crippen LogP contribution is -2.39. The number of hydrogen-bond acceptors (Lipinski definition) is 4. The SMILES string of the molecule is CN1CCCC1CN(C)S(=O)(=O)c1ccc(Cl)c(N)c1. The molecule has 0 aliphatic carbocycles. The minimum absolute atomic E-state index is 0.183. The first-order valence-electron chi connectivity index (χ1n) is 6.54. The van der Waals surface area contributed by atoms with Crippen LogP contribution in [0.4, 0.5) is 5.69 Å². The zero-order valence-corrected chi connectivity index (χ0v) is 13.3. The van der Waals surface area contributed by atoms with Gasteiger partial charge < -0.3 is 10.6 Å². The maximum Gasteiger partial charge on any atom is 0.242 e. The van der Waals surface area contributed by atoms with E-state index in [0.717, 1.165) is 19.4 Å². The average molecular weight is 318 g/mol. The van der Waals surface area contributed by atoms with Gasteiger partial charge in [0.1, 0.15) is 0 Å². The molecule has 7 heteroatoms. The summed E-state index contributed by atoms with van der Waals surface area (Å²) in [4.78, 5) is 2.38. The minimum Gasteiger partial charge on any atom is -0.397 e. The van der Waals surface area contributed by atoms with Gasteiger partial charge in [-0.15, -0.1) is 0 Å². The summed E-state index contributed by atoms with van der Waals surface area (Å²) < 4.78 is 26.4. The van der Waals surface area contributed by atoms with Crippen LogP contribution in [0.5, 0.6) is 0 Å². The van der Waals surface area contributed by atoms with Crippen LogP contribution in [0.2, 0.25) is 5.02 Å². The molecular formula is C13H20ClN3O2S. The third-order valence-corrected chi connectivity index (χ3v) is 5.98. The smallest absolute Gasteiger partial charge is 0.242 e. The number of halogens is 1. The molecule has 0 bridgehead atoms. The fraction of sp³-hybridized carbons (Fsp3) is 0.538. The molecule has 1 aromatic rings. The second kappa shape index (κ2) is 5.89. The topological polar surface area (TPSA) is 66.6 Å². The van der Waals surface area contributed by atoms with E-state index in [9.17, 15) is 8.42 Å². The molecule has 0 spiro atoms. The molecule has 112 valence electrons. The van der Waals surface area contributed by atoms with Gasteiger partial charge in [-0.3, -0.25) is 0 Å². The van der Waals surface area contributed by atoms with E-state index in [2.05, 4.69) is 4.90 Å². The number of rotatable bonds is 4. The summed E-state index contributed by atoms with van der Waals surface area (Å²) >= 11 is 5.83. The number of benzene rings is 1. The van der Waals surface area contributed by atoms with Gasteiger partial charge in [-0.05, 0) is 44.6 Å². The molecule has 5 nitrogen and oxygen atoms in total. The molecule has 1 heterocycles. The van der Waals surface area contributed by atoms with Crippen molar-refractivity contribution >= 4 is 27.3 Å². The zero-order valence-electron chi connectivity index (χ0n) is 11.7. The van der Waals surface area contributed by atoms with Crippen molar-refractivity contribution < 1.29 is 8.42 Å². The third kappa shape index (κ3) is 3.09. The monoisotopic (exact) mass is 317 g/mol. The molecule has 1 aromatic carbocycles. The van der Waals surface area contributed by atoms with Crippen molar-refractivity contribution in [2.45, 2.75) is 23.8 Å². The molecular weight excluding hydrogens is 298 g/mol. The molecule has 0 amide bonds. The van der Waals surface area contributed by atoms with Gasteiger partial charge >= 0.3 is 0 Å². The van der Waals surface area contributed by atoms with Crippen LogP contribution in [-0.4, -0.2) is 50.8 Å². The first-order chi connectivity index (χ1) is 9.32. The summed E-state index contributed by atoms with van der Waals surface area (Å²) in [5.74, 6) is 0. The van der Waals surface area contributed by atoms with Crippen LogP contribution >= 0.6 is 11.6 Å². The largest absolute Gasteiger partial charge is 0.397 e. The number of nitrogens with two attached hydrogens (primary N) is 1. The van der Waals surface area contributed by atoms with Crippen LogP contribution in [-0.2, 0) is 10.0 Å². The highest BCUT2D eigenvalue weighted by atomic mass is 35.5. The van der Waals surface area contributed by atoms with Crippen molar-refractivity contribution in [3.05, 3.63) is 23.2 Å². The van der Waals surface area contributed by atoms with Crippen LogP contribution in [0.1, 0.15) is 12.8 Å². The molecule has 0 saturated carbocycles. The summed E-state index contributed by atoms with van der Waals surface area (Å²) in [5.41, 5.74) is 5.96. The van der Waals surface area contributed by atoms with E-state index in [-0.39, 0.29) is 16.6 Å². The quantitative estimate of drug-likeness (QED) is 0.857. The number of likely N-dealkylation sites (N-methyl/N-ethyl adjacent to an activating group) is 2. The van der Waals surface area contributed by atoms with Crippen molar-refractivity contribution in [3.63, 3.8) is 0 Å². The maximum atomic E-state index is 12.5. The predicted molar refractivity (Wildman–Crippen MR) is 81.3 cm³/mol. The Balaban J connectivity index is 2.18. The van der Waals surface area contributed by atoms with Gasteiger partial charge in [0.15, 0.2) is 0 Å². The highest BCUT2D eigenvalue weighted by molar-refractivity contribution is 7.89. The lowest BCUT2D eigenvalue weighted by Gasteiger charge is -2.25. The lowest BCUT2D eigenvalue weighted by molar-refractivity contribution is 0.271. The maximum absolute atomic E-state index is 12.5. The van der Waals surface area contributed by atoms with Gasteiger partial charge in [0, 0.05) is 19.6 Å². The summed E-state index contributed by atoms with van der Waals surface area (Å²) in [7, 11) is 0.109. The van der Waals surface area contributed by atoms with Crippen molar-refractivity contribution in [3.8, 4) is 0 Å². The molecule has 20 heavy (non-hydrogen) atoms. The zero-order chi connectivity index (χ0) is 14.9. The van der Waals surface area contributed by atoms with Crippen molar-refractivity contribution in [1.82, 2.24) is 9.21 Å². The normalized spacial score (nSPS) is 20.7. The van der Waals surface area contributed by atoms with E-state index >= 15 is 0 Å². The van der Waals surface area contributed by atoms with Gasteiger partial charge in [0.25, 0.3) is 0 Å². The molecule has 1 aliphatic heterocycles. The fourth-order valence-corrected chi connectivity index (χ4v) is 3.83. The number of anilines is 1. The first kappa shape index (κ1) is 15.6. The summed E-state index contributed by atoms with van der Waals surface area (Å²) in [6.45, 7) is 1.51. The summed E-state index contributed by atoms with van der Waals surface area (Å²) in [6.07, 6.45) is 2.14. The Kier molecular flexibility index (Phi) is 4.59. The molecule has 1 atom stereocenters. The average Bonchev–Trinajstić information content (AvgIpc) is 2.78. The Morgan fingerprint density at radius 2 is 2.20 bits per heavy atom. The van der Waals surface area contributed by atoms with Gasteiger partial charge in [-0.2, -0.15) is 4.31 Å². The van der Waals surface area contributed by atoms with E-state index in [0.29, 0.717) is 11.6 Å². The number of likely N-dealkylation sites (tertiary alicyclic amines) is 1. The third-order valence-electron chi connectivity index (χ3n) is 3.82. The lowest BCUT2D eigenvalue weighted by atomic mass is 10.2. The standard InChI is InChI=1S/C13H20ClN3O2S/c1-16-7-3-4-10(16)9-17(2)20(18,19)11-5-6-12(14)13(15)8-11/h5-6,8,10H,3-4,7,9,15H2,1-2H3. The highest BCUT2D eigenvalue weighted by Crippen LogP contribution is 2.25. The van der Waals surface area contributed by atoms with Crippen molar-refractivity contribution in [1.29, 1.82) is 0 Å². The van der Waals surface area contributed by atoms with Crippen LogP contribution in [0.15, 0.2) is 23.1 Å². The van der Waals surface area contributed by atoms with E-state index in [1.54, 1.807) is 7.05 Å². The van der Waals surface area contributed by atoms with Crippen LogP contribution in [0, 0.1) is 0 Å². The van der Waals surface area contributed by atoms with Crippen LogP contribution < -0.4 is 5.73 Å². The second-order valence-corrected chi connectivity index (χ2v) is 7.70. The van der Waals surface area contributed by atoms with Crippen molar-refractivity contribution in [2.24, 2.45) is 0 Å². The number of hydrogen-bond donors (Lipinski definition) is 1. The molecule has 0 aromatic heterocycles. The molecule has 2 rings (SSSR count). The van der Waals surface area contributed by atoms with Gasteiger partial charge in [-0.25, -0.2) is 8.42 Å². The molecule has 0 radical (unpaired) electrons. The van der Waals surface area contributed by atoms with E-state index < -0.39 is 10.0 Å². The summed E-state index contributed by atoms with van der Waals surface area (Å²) in [6, 6.07) is 4.69. The number of nitrogen functional groups attached to an aromatic ring is 1. The minimum atomic E-state index is -3.52. The molecule has 1 unspecified atom stereocenters. The van der Waals surface area contributed by atoms with Gasteiger partial charge in [0.05, 0.1) is 15.6 Å². The highest BCUT2D eigenvalue weighted by Gasteiger charge is 2.28. The Hall–Kier alpha value is -0.820.